The molecule has 0 saturated heterocycles. The molecule has 3 nitrogen and oxygen atoms in total. The number of unbranched alkanes of at least 4 members (excludes halogenated alkanes) is 7. The number of nitrogens with one attached hydrogen (secondary N) is 1. The number of rotatable bonds is 12. The van der Waals surface area contributed by atoms with Crippen LogP contribution in [-0.2, 0) is 4.79 Å². The highest BCUT2D eigenvalue weighted by atomic mass is 16.4. The molecule has 0 aromatic rings. The Kier molecular flexibility index (Phi) is 11.2. The van der Waals surface area contributed by atoms with E-state index in [1.165, 1.54) is 44.9 Å². The van der Waals surface area contributed by atoms with Crippen molar-refractivity contribution in [3.63, 3.8) is 0 Å². The predicted octanol–water partition coefficient (Wildman–Crippen LogP) is 3.83. The third-order valence-corrected chi connectivity index (χ3v) is 3.33. The van der Waals surface area contributed by atoms with Gasteiger partial charge in [0.05, 0.1) is 0 Å². The van der Waals surface area contributed by atoms with Gasteiger partial charge >= 0.3 is 5.97 Å². The summed E-state index contributed by atoms with van der Waals surface area (Å²) in [7, 11) is 0. The highest BCUT2D eigenvalue weighted by Gasteiger charge is 2.19. The van der Waals surface area contributed by atoms with Gasteiger partial charge in [-0.2, -0.15) is 0 Å². The lowest BCUT2D eigenvalue weighted by Crippen LogP contribution is -2.41. The molecule has 2 N–H and O–H groups in total. The zero-order valence-electron chi connectivity index (χ0n) is 12.4. The topological polar surface area (TPSA) is 49.3 Å². The molecule has 0 aromatic carbocycles. The summed E-state index contributed by atoms with van der Waals surface area (Å²) >= 11 is 0. The van der Waals surface area contributed by atoms with Crippen LogP contribution in [0.2, 0.25) is 0 Å². The maximum atomic E-state index is 10.9. The molecule has 1 atom stereocenters. The van der Waals surface area contributed by atoms with E-state index in [2.05, 4.69) is 12.2 Å². The van der Waals surface area contributed by atoms with Gasteiger partial charge in [-0.3, -0.25) is 4.79 Å². The smallest absolute Gasteiger partial charge is 0.320 e. The Morgan fingerprint density at radius 1 is 1.00 bits per heavy atom. The molecule has 3 heteroatoms. The summed E-state index contributed by atoms with van der Waals surface area (Å²) in [6.07, 6.45) is 10.3. The van der Waals surface area contributed by atoms with Gasteiger partial charge in [-0.1, -0.05) is 65.7 Å². The average molecular weight is 257 g/mol. The molecule has 0 amide bonds. The van der Waals surface area contributed by atoms with Gasteiger partial charge in [0.1, 0.15) is 6.04 Å². The fourth-order valence-corrected chi connectivity index (χ4v) is 2.12. The fraction of sp³-hybridized carbons (Fsp3) is 0.933. The van der Waals surface area contributed by atoms with Gasteiger partial charge in [0.2, 0.25) is 0 Å². The van der Waals surface area contributed by atoms with E-state index in [9.17, 15) is 4.79 Å². The number of hydrogen-bond donors (Lipinski definition) is 2. The summed E-state index contributed by atoms with van der Waals surface area (Å²) in [5, 5.41) is 12.1. The minimum atomic E-state index is -0.732. The Labute approximate surface area is 112 Å². The zero-order chi connectivity index (χ0) is 13.8. The molecule has 0 heterocycles. The zero-order valence-corrected chi connectivity index (χ0v) is 12.4. The third kappa shape index (κ3) is 9.46. The summed E-state index contributed by atoms with van der Waals surface area (Å²) in [6.45, 7) is 6.95. The monoisotopic (exact) mass is 257 g/mol. The number of hydrogen-bond acceptors (Lipinski definition) is 2. The summed E-state index contributed by atoms with van der Waals surface area (Å²) in [5.74, 6) is -0.582. The van der Waals surface area contributed by atoms with Gasteiger partial charge in [-0.15, -0.1) is 0 Å². The van der Waals surface area contributed by atoms with Crippen LogP contribution in [0.3, 0.4) is 0 Å². The van der Waals surface area contributed by atoms with Gasteiger partial charge in [0.25, 0.3) is 0 Å². The standard InChI is InChI=1S/C15H31NO2/c1-4-5-6-7-8-9-10-11-12-16-14(13(2)3)15(17)18/h13-14,16H,4-12H2,1-3H3,(H,17,18)/t14-/m0/s1. The Morgan fingerprint density at radius 3 is 1.94 bits per heavy atom. The lowest BCUT2D eigenvalue weighted by Gasteiger charge is -2.17. The van der Waals surface area contributed by atoms with E-state index < -0.39 is 12.0 Å². The highest BCUT2D eigenvalue weighted by molar-refractivity contribution is 5.73. The average Bonchev–Trinajstić information content (AvgIpc) is 2.30. The van der Waals surface area contributed by atoms with Gasteiger partial charge in [0.15, 0.2) is 0 Å². The lowest BCUT2D eigenvalue weighted by atomic mass is 10.0. The first-order valence-corrected chi connectivity index (χ1v) is 7.55. The molecule has 108 valence electrons. The maximum absolute atomic E-state index is 10.9. The largest absolute Gasteiger partial charge is 0.480 e. The molecule has 0 aliphatic rings. The minimum Gasteiger partial charge on any atom is -0.480 e. The van der Waals surface area contributed by atoms with Gasteiger partial charge in [-0.25, -0.2) is 0 Å². The molecule has 0 saturated carbocycles. The summed E-state index contributed by atoms with van der Waals surface area (Å²) in [6, 6.07) is -0.394. The first kappa shape index (κ1) is 17.4. The lowest BCUT2D eigenvalue weighted by molar-refractivity contribution is -0.140. The molecule has 0 bridgehead atoms. The van der Waals surface area contributed by atoms with Crippen molar-refractivity contribution < 1.29 is 9.90 Å². The van der Waals surface area contributed by atoms with E-state index in [0.717, 1.165) is 13.0 Å². The van der Waals surface area contributed by atoms with E-state index in [1.54, 1.807) is 0 Å². The van der Waals surface area contributed by atoms with Crippen molar-refractivity contribution in [3.05, 3.63) is 0 Å². The molecule has 0 aliphatic heterocycles. The number of carbonyl (C=O) groups is 1. The number of carboxylic acid groups (broad SMARTS) is 1. The molecule has 0 unspecified atom stereocenters. The Hall–Kier alpha value is -0.570. The van der Waals surface area contributed by atoms with E-state index in [1.807, 2.05) is 13.8 Å². The van der Waals surface area contributed by atoms with Crippen LogP contribution in [0.15, 0.2) is 0 Å². The van der Waals surface area contributed by atoms with Crippen molar-refractivity contribution in [3.8, 4) is 0 Å². The van der Waals surface area contributed by atoms with Crippen LogP contribution in [0.1, 0.15) is 72.1 Å². The SMILES string of the molecule is CCCCCCCCCCN[C@H](C(=O)O)C(C)C. The van der Waals surface area contributed by atoms with Crippen LogP contribution in [0.4, 0.5) is 0 Å². The number of carboxylic acids is 1. The van der Waals surface area contributed by atoms with Gasteiger partial charge in [0, 0.05) is 0 Å². The molecule has 0 radical (unpaired) electrons. The van der Waals surface area contributed by atoms with Crippen LogP contribution in [-0.4, -0.2) is 23.7 Å². The second-order valence-corrected chi connectivity index (χ2v) is 5.49. The normalized spacial score (nSPS) is 12.9. The molecule has 18 heavy (non-hydrogen) atoms. The van der Waals surface area contributed by atoms with Crippen molar-refractivity contribution in [1.82, 2.24) is 5.32 Å². The third-order valence-electron chi connectivity index (χ3n) is 3.33. The van der Waals surface area contributed by atoms with Crippen LogP contribution in [0.5, 0.6) is 0 Å². The second-order valence-electron chi connectivity index (χ2n) is 5.49. The first-order valence-electron chi connectivity index (χ1n) is 7.55. The Bertz CT molecular complexity index is 205. The molecule has 0 aliphatic carbocycles. The fourth-order valence-electron chi connectivity index (χ4n) is 2.12. The van der Waals surface area contributed by atoms with Crippen molar-refractivity contribution >= 4 is 5.97 Å². The van der Waals surface area contributed by atoms with Crippen molar-refractivity contribution in [2.24, 2.45) is 5.92 Å². The van der Waals surface area contributed by atoms with Crippen molar-refractivity contribution in [2.45, 2.75) is 78.2 Å². The van der Waals surface area contributed by atoms with E-state index >= 15 is 0 Å². The highest BCUT2D eigenvalue weighted by Crippen LogP contribution is 2.08. The molecular weight excluding hydrogens is 226 g/mol. The van der Waals surface area contributed by atoms with Gasteiger partial charge < -0.3 is 10.4 Å². The predicted molar refractivity (Wildman–Crippen MR) is 76.9 cm³/mol. The quantitative estimate of drug-likeness (QED) is 0.522. The molecule has 0 fully saturated rings. The Balaban J connectivity index is 3.36. The van der Waals surface area contributed by atoms with Crippen molar-refractivity contribution in [2.75, 3.05) is 6.54 Å². The molecule has 0 aromatic heterocycles. The second kappa shape index (κ2) is 11.5. The van der Waals surface area contributed by atoms with Crippen LogP contribution in [0, 0.1) is 5.92 Å². The number of aliphatic carboxylic acids is 1. The van der Waals surface area contributed by atoms with Crippen molar-refractivity contribution in [1.29, 1.82) is 0 Å². The first-order chi connectivity index (χ1) is 8.59. The van der Waals surface area contributed by atoms with Crippen LogP contribution in [0.25, 0.3) is 0 Å². The maximum Gasteiger partial charge on any atom is 0.320 e. The summed E-state index contributed by atoms with van der Waals surface area (Å²) in [5.41, 5.74) is 0. The Morgan fingerprint density at radius 2 is 1.50 bits per heavy atom. The summed E-state index contributed by atoms with van der Waals surface area (Å²) in [4.78, 5) is 10.9. The summed E-state index contributed by atoms with van der Waals surface area (Å²) < 4.78 is 0. The minimum absolute atomic E-state index is 0.150. The van der Waals surface area contributed by atoms with Gasteiger partial charge in [-0.05, 0) is 18.9 Å². The molecular formula is C15H31NO2. The van der Waals surface area contributed by atoms with E-state index in [4.69, 9.17) is 5.11 Å². The van der Waals surface area contributed by atoms with E-state index in [-0.39, 0.29) is 5.92 Å². The van der Waals surface area contributed by atoms with E-state index in [0.29, 0.717) is 0 Å². The molecule has 0 rings (SSSR count). The van der Waals surface area contributed by atoms with Crippen LogP contribution < -0.4 is 5.32 Å². The van der Waals surface area contributed by atoms with Crippen LogP contribution >= 0.6 is 0 Å². The molecule has 0 spiro atoms.